The van der Waals surface area contributed by atoms with Crippen molar-refractivity contribution in [2.45, 2.75) is 25.2 Å². The van der Waals surface area contributed by atoms with Gasteiger partial charge in [-0.3, -0.25) is 4.99 Å². The second-order valence-corrected chi connectivity index (χ2v) is 8.14. The maximum Gasteiger partial charge on any atom is 0.573 e. The lowest BCUT2D eigenvalue weighted by molar-refractivity contribution is -0.274. The predicted octanol–water partition coefficient (Wildman–Crippen LogP) is 7.29. The van der Waals surface area contributed by atoms with Gasteiger partial charge >= 0.3 is 6.36 Å². The standard InChI is InChI=1S/C21H15ClF3NOS/c22-20-12-11-19(28-20)18-10-9-17(26-18)15-3-1-13(2-4-15)14-5-7-16(8-6-14)27-21(23,24)25/h1-8,11-12,17H,9-10H2. The summed E-state index contributed by atoms with van der Waals surface area (Å²) >= 11 is 7.55. The quantitative estimate of drug-likeness (QED) is 0.433. The van der Waals surface area contributed by atoms with Crippen molar-refractivity contribution in [1.82, 2.24) is 0 Å². The average Bonchev–Trinajstić information content (AvgIpc) is 3.30. The number of aliphatic imine (C=N–C) groups is 1. The number of alkyl halides is 3. The Morgan fingerprint density at radius 2 is 1.57 bits per heavy atom. The number of halogens is 4. The molecule has 0 N–H and O–H groups in total. The number of rotatable bonds is 4. The van der Waals surface area contributed by atoms with E-state index in [0.29, 0.717) is 0 Å². The van der Waals surface area contributed by atoms with E-state index in [-0.39, 0.29) is 11.8 Å². The van der Waals surface area contributed by atoms with E-state index in [9.17, 15) is 13.2 Å². The van der Waals surface area contributed by atoms with Crippen LogP contribution in [0.2, 0.25) is 4.34 Å². The SMILES string of the molecule is FC(F)(F)Oc1ccc(-c2ccc(C3CCC(c4ccc(Cl)s4)=N3)cc2)cc1. The van der Waals surface area contributed by atoms with Gasteiger partial charge in [0.2, 0.25) is 0 Å². The Balaban J connectivity index is 1.48. The van der Waals surface area contributed by atoms with Crippen molar-refractivity contribution < 1.29 is 17.9 Å². The monoisotopic (exact) mass is 421 g/mol. The van der Waals surface area contributed by atoms with Crippen LogP contribution in [0.1, 0.15) is 29.3 Å². The van der Waals surface area contributed by atoms with E-state index >= 15 is 0 Å². The third kappa shape index (κ3) is 4.39. The molecule has 2 nitrogen and oxygen atoms in total. The molecule has 0 amide bonds. The van der Waals surface area contributed by atoms with Crippen molar-refractivity contribution in [3.8, 4) is 16.9 Å². The largest absolute Gasteiger partial charge is 0.573 e. The molecule has 0 radical (unpaired) electrons. The molecule has 3 aromatic rings. The van der Waals surface area contributed by atoms with Crippen molar-refractivity contribution in [2.75, 3.05) is 0 Å². The fourth-order valence-electron chi connectivity index (χ4n) is 3.23. The van der Waals surface area contributed by atoms with E-state index in [4.69, 9.17) is 16.6 Å². The Labute approximate surface area is 169 Å². The van der Waals surface area contributed by atoms with Crippen LogP contribution < -0.4 is 4.74 Å². The Morgan fingerprint density at radius 1 is 0.929 bits per heavy atom. The van der Waals surface area contributed by atoms with E-state index in [1.807, 2.05) is 36.4 Å². The third-order valence-electron chi connectivity index (χ3n) is 4.54. The van der Waals surface area contributed by atoms with Gasteiger partial charge in [-0.05, 0) is 53.8 Å². The first-order chi connectivity index (χ1) is 13.4. The second kappa shape index (κ2) is 7.60. The van der Waals surface area contributed by atoms with Gasteiger partial charge in [0.05, 0.1) is 16.1 Å². The Kier molecular flexibility index (Phi) is 5.17. The minimum atomic E-state index is -4.68. The molecule has 0 saturated heterocycles. The number of thiophene rings is 1. The normalized spacial score (nSPS) is 16.9. The Hall–Kier alpha value is -2.31. The summed E-state index contributed by atoms with van der Waals surface area (Å²) in [7, 11) is 0. The van der Waals surface area contributed by atoms with Gasteiger partial charge in [0.15, 0.2) is 0 Å². The number of nitrogens with zero attached hydrogens (tertiary/aromatic N) is 1. The Morgan fingerprint density at radius 3 is 2.14 bits per heavy atom. The topological polar surface area (TPSA) is 21.6 Å². The van der Waals surface area contributed by atoms with Gasteiger partial charge in [0, 0.05) is 4.88 Å². The molecule has 1 unspecified atom stereocenters. The molecule has 1 atom stereocenters. The van der Waals surface area contributed by atoms with Gasteiger partial charge in [-0.1, -0.05) is 48.0 Å². The second-order valence-electron chi connectivity index (χ2n) is 6.43. The maximum absolute atomic E-state index is 12.3. The average molecular weight is 422 g/mol. The summed E-state index contributed by atoms with van der Waals surface area (Å²) in [5.41, 5.74) is 3.96. The lowest BCUT2D eigenvalue weighted by atomic mass is 9.99. The number of benzene rings is 2. The number of hydrogen-bond donors (Lipinski definition) is 0. The molecule has 1 aliphatic rings. The smallest absolute Gasteiger partial charge is 0.406 e. The van der Waals surface area contributed by atoms with E-state index < -0.39 is 6.36 Å². The highest BCUT2D eigenvalue weighted by atomic mass is 35.5. The first kappa shape index (κ1) is 19.0. The first-order valence-corrected chi connectivity index (χ1v) is 9.85. The molecule has 0 spiro atoms. The summed E-state index contributed by atoms with van der Waals surface area (Å²) in [5, 5.41) is 0. The summed E-state index contributed by atoms with van der Waals surface area (Å²) in [6, 6.07) is 17.8. The lowest BCUT2D eigenvalue weighted by Gasteiger charge is -2.10. The van der Waals surface area contributed by atoms with E-state index in [0.717, 1.165) is 44.5 Å². The van der Waals surface area contributed by atoms with Crippen molar-refractivity contribution in [3.63, 3.8) is 0 Å². The molecule has 0 bridgehead atoms. The van der Waals surface area contributed by atoms with Crippen molar-refractivity contribution in [1.29, 1.82) is 0 Å². The summed E-state index contributed by atoms with van der Waals surface area (Å²) in [5.74, 6) is -0.227. The maximum atomic E-state index is 12.3. The summed E-state index contributed by atoms with van der Waals surface area (Å²) < 4.78 is 41.4. The minimum Gasteiger partial charge on any atom is -0.406 e. The van der Waals surface area contributed by atoms with Crippen molar-refractivity contribution in [2.24, 2.45) is 4.99 Å². The van der Waals surface area contributed by atoms with Gasteiger partial charge in [0.25, 0.3) is 0 Å². The van der Waals surface area contributed by atoms with Crippen molar-refractivity contribution >= 4 is 28.6 Å². The van der Waals surface area contributed by atoms with Crippen LogP contribution in [0.3, 0.4) is 0 Å². The zero-order valence-corrected chi connectivity index (χ0v) is 16.1. The molecular weight excluding hydrogens is 407 g/mol. The Bertz CT molecular complexity index is 994. The summed E-state index contributed by atoms with van der Waals surface area (Å²) in [6.45, 7) is 0. The van der Waals surface area contributed by atoms with Crippen LogP contribution in [0.5, 0.6) is 5.75 Å². The fourth-order valence-corrected chi connectivity index (χ4v) is 4.30. The molecule has 28 heavy (non-hydrogen) atoms. The zero-order chi connectivity index (χ0) is 19.7. The molecule has 0 aliphatic carbocycles. The lowest BCUT2D eigenvalue weighted by Crippen LogP contribution is -2.16. The van der Waals surface area contributed by atoms with Crippen LogP contribution >= 0.6 is 22.9 Å². The van der Waals surface area contributed by atoms with Gasteiger partial charge in [-0.15, -0.1) is 24.5 Å². The van der Waals surface area contributed by atoms with Crippen LogP contribution in [0.25, 0.3) is 11.1 Å². The van der Waals surface area contributed by atoms with Gasteiger partial charge in [0.1, 0.15) is 5.75 Å². The van der Waals surface area contributed by atoms with E-state index in [1.165, 1.54) is 12.1 Å². The highest BCUT2D eigenvalue weighted by molar-refractivity contribution is 7.18. The van der Waals surface area contributed by atoms with Crippen LogP contribution in [-0.2, 0) is 0 Å². The van der Waals surface area contributed by atoms with Crippen LogP contribution in [-0.4, -0.2) is 12.1 Å². The first-order valence-electron chi connectivity index (χ1n) is 8.66. The molecule has 7 heteroatoms. The molecule has 144 valence electrons. The number of ether oxygens (including phenoxy) is 1. The molecule has 4 rings (SSSR count). The van der Waals surface area contributed by atoms with Gasteiger partial charge in [-0.2, -0.15) is 0 Å². The molecule has 1 aromatic heterocycles. The molecule has 1 aliphatic heterocycles. The van der Waals surface area contributed by atoms with Crippen molar-refractivity contribution in [3.05, 3.63) is 75.4 Å². The van der Waals surface area contributed by atoms with E-state index in [2.05, 4.69) is 4.74 Å². The number of hydrogen-bond acceptors (Lipinski definition) is 3. The predicted molar refractivity (Wildman–Crippen MR) is 106 cm³/mol. The molecular formula is C21H15ClF3NOS. The van der Waals surface area contributed by atoms with E-state index in [1.54, 1.807) is 23.5 Å². The summed E-state index contributed by atoms with van der Waals surface area (Å²) in [4.78, 5) is 5.95. The van der Waals surface area contributed by atoms with Crippen LogP contribution in [0, 0.1) is 0 Å². The third-order valence-corrected chi connectivity index (χ3v) is 5.82. The minimum absolute atomic E-state index is 0.118. The summed E-state index contributed by atoms with van der Waals surface area (Å²) in [6.07, 6.45) is -2.81. The highest BCUT2D eigenvalue weighted by Crippen LogP contribution is 2.35. The van der Waals surface area contributed by atoms with Gasteiger partial charge < -0.3 is 4.74 Å². The molecule has 2 heterocycles. The zero-order valence-electron chi connectivity index (χ0n) is 14.5. The fraction of sp³-hybridized carbons (Fsp3) is 0.190. The van der Waals surface area contributed by atoms with Crippen LogP contribution in [0.15, 0.2) is 65.7 Å². The van der Waals surface area contributed by atoms with Gasteiger partial charge in [-0.25, -0.2) is 0 Å². The molecule has 0 fully saturated rings. The molecule has 2 aromatic carbocycles. The van der Waals surface area contributed by atoms with Crippen LogP contribution in [0.4, 0.5) is 13.2 Å². The highest BCUT2D eigenvalue weighted by Gasteiger charge is 2.31. The molecule has 0 saturated carbocycles.